The van der Waals surface area contributed by atoms with Gasteiger partial charge < -0.3 is 10.2 Å². The van der Waals surface area contributed by atoms with Crippen LogP contribution in [0, 0.1) is 23.6 Å². The second-order valence-corrected chi connectivity index (χ2v) is 10.9. The molecule has 0 radical (unpaired) electrons. The summed E-state index contributed by atoms with van der Waals surface area (Å²) in [6.45, 7) is 0.0946. The lowest BCUT2D eigenvalue weighted by molar-refractivity contribution is -0.136. The molecule has 5 atom stereocenters. The molecular weight excluding hydrogens is 421 g/mol. The zero-order valence-electron chi connectivity index (χ0n) is 18.9. The molecule has 2 aliphatic heterocycles. The predicted molar refractivity (Wildman–Crippen MR) is 120 cm³/mol. The summed E-state index contributed by atoms with van der Waals surface area (Å²) in [4.78, 5) is 38.1. The van der Waals surface area contributed by atoms with Crippen LogP contribution in [0.25, 0.3) is 0 Å². The molecule has 3 amide bonds. The lowest BCUT2D eigenvalue weighted by Gasteiger charge is -2.35. The highest BCUT2D eigenvalue weighted by Gasteiger charge is 2.46. The van der Waals surface area contributed by atoms with Crippen LogP contribution in [0.3, 0.4) is 0 Å². The van der Waals surface area contributed by atoms with Crippen molar-refractivity contribution in [2.75, 3.05) is 0 Å². The van der Waals surface area contributed by atoms with Crippen molar-refractivity contribution in [2.45, 2.75) is 88.9 Å². The maximum atomic E-state index is 15.6. The first-order chi connectivity index (χ1) is 16.0. The van der Waals surface area contributed by atoms with E-state index in [4.69, 9.17) is 0 Å². The van der Waals surface area contributed by atoms with Gasteiger partial charge in [-0.2, -0.15) is 0 Å². The van der Waals surface area contributed by atoms with Gasteiger partial charge in [-0.3, -0.25) is 19.7 Å². The Morgan fingerprint density at radius 2 is 1.82 bits per heavy atom. The molecule has 2 N–H and O–H groups in total. The standard InChI is InChI=1S/C26H32FN3O3/c27-24-15(9-14-3-1-2-4-21(14)28-18-11-16-10-17(16)12-18)5-6-19-20(24)13-30(26(19)33)22-7-8-23(31)29-25(22)32/h5-6,14,16-18,21-22,28H,1-4,7-13H2,(H,29,31,32)/t14-,16?,17?,18?,21+,22?/m1/s1. The number of benzene rings is 1. The number of fused-ring (bicyclic) bond motifs is 2. The molecule has 3 unspecified atom stereocenters. The number of carbonyl (C=O) groups excluding carboxylic acids is 3. The first-order valence-corrected chi connectivity index (χ1v) is 12.7. The van der Waals surface area contributed by atoms with E-state index in [2.05, 4.69) is 10.6 Å². The Morgan fingerprint density at radius 1 is 1.03 bits per heavy atom. The average molecular weight is 454 g/mol. The SMILES string of the molecule is O=C1CCC(N2Cc3c(ccc(C[C@H]4CCCC[C@@H]4NC4CC5CC5C4)c3F)C2=O)C(=O)N1. The molecule has 6 nitrogen and oxygen atoms in total. The molecule has 2 heterocycles. The highest BCUT2D eigenvalue weighted by Crippen LogP contribution is 2.52. The lowest BCUT2D eigenvalue weighted by atomic mass is 9.79. The summed E-state index contributed by atoms with van der Waals surface area (Å²) in [7, 11) is 0. The Labute approximate surface area is 193 Å². The van der Waals surface area contributed by atoms with Crippen molar-refractivity contribution in [1.29, 1.82) is 0 Å². The van der Waals surface area contributed by atoms with Gasteiger partial charge in [-0.15, -0.1) is 0 Å². The molecule has 33 heavy (non-hydrogen) atoms. The maximum absolute atomic E-state index is 15.6. The fraction of sp³-hybridized carbons (Fsp3) is 0.654. The molecular formula is C26H32FN3O3. The highest BCUT2D eigenvalue weighted by atomic mass is 19.1. The monoisotopic (exact) mass is 453 g/mol. The van der Waals surface area contributed by atoms with Gasteiger partial charge in [0.05, 0.1) is 6.54 Å². The first kappa shape index (κ1) is 21.3. The highest BCUT2D eigenvalue weighted by molar-refractivity contribution is 6.05. The smallest absolute Gasteiger partial charge is 0.255 e. The van der Waals surface area contributed by atoms with Gasteiger partial charge in [0.15, 0.2) is 0 Å². The van der Waals surface area contributed by atoms with Crippen LogP contribution in [0.1, 0.15) is 79.3 Å². The second kappa shape index (κ2) is 8.19. The van der Waals surface area contributed by atoms with E-state index in [-0.39, 0.29) is 37.0 Å². The molecule has 3 saturated carbocycles. The normalized spacial score (nSPS) is 35.4. The molecule has 0 bridgehead atoms. The van der Waals surface area contributed by atoms with Crippen molar-refractivity contribution in [3.63, 3.8) is 0 Å². The number of nitrogens with one attached hydrogen (secondary N) is 2. The van der Waals surface area contributed by atoms with Crippen LogP contribution in [0.2, 0.25) is 0 Å². The third-order valence-electron chi connectivity index (χ3n) is 8.81. The van der Waals surface area contributed by atoms with Crippen molar-refractivity contribution in [1.82, 2.24) is 15.5 Å². The van der Waals surface area contributed by atoms with Gasteiger partial charge in [-0.05, 0) is 74.3 Å². The zero-order chi connectivity index (χ0) is 22.7. The van der Waals surface area contributed by atoms with Crippen LogP contribution in [0.5, 0.6) is 0 Å². The molecule has 176 valence electrons. The van der Waals surface area contributed by atoms with Crippen LogP contribution >= 0.6 is 0 Å². The van der Waals surface area contributed by atoms with Gasteiger partial charge in [0, 0.05) is 29.6 Å². The number of rotatable bonds is 5. The zero-order valence-corrected chi connectivity index (χ0v) is 18.9. The molecule has 6 rings (SSSR count). The third-order valence-corrected chi connectivity index (χ3v) is 8.81. The minimum Gasteiger partial charge on any atom is -0.322 e. The number of amides is 3. The quantitative estimate of drug-likeness (QED) is 0.672. The minimum absolute atomic E-state index is 0.0946. The topological polar surface area (TPSA) is 78.5 Å². The number of imide groups is 1. The molecule has 1 aromatic carbocycles. The molecule has 4 fully saturated rings. The number of hydrogen-bond acceptors (Lipinski definition) is 4. The Kier molecular flexibility index (Phi) is 5.28. The molecule has 1 saturated heterocycles. The predicted octanol–water partition coefficient (Wildman–Crippen LogP) is 3.08. The summed E-state index contributed by atoms with van der Waals surface area (Å²) >= 11 is 0. The molecule has 3 aliphatic carbocycles. The van der Waals surface area contributed by atoms with Crippen molar-refractivity contribution in [3.8, 4) is 0 Å². The molecule has 5 aliphatic rings. The van der Waals surface area contributed by atoms with E-state index in [0.717, 1.165) is 24.7 Å². The van der Waals surface area contributed by atoms with E-state index in [1.165, 1.54) is 37.0 Å². The van der Waals surface area contributed by atoms with E-state index in [9.17, 15) is 14.4 Å². The molecule has 7 heteroatoms. The van der Waals surface area contributed by atoms with Gasteiger partial charge in [0.1, 0.15) is 11.9 Å². The summed E-state index contributed by atoms with van der Waals surface area (Å²) in [6, 6.07) is 3.86. The Balaban J connectivity index is 1.17. The Hall–Kier alpha value is -2.28. The Bertz CT molecular complexity index is 1000. The summed E-state index contributed by atoms with van der Waals surface area (Å²) < 4.78 is 15.6. The van der Waals surface area contributed by atoms with E-state index >= 15 is 4.39 Å². The summed E-state index contributed by atoms with van der Waals surface area (Å²) in [6.07, 6.45) is 9.88. The third kappa shape index (κ3) is 3.88. The van der Waals surface area contributed by atoms with Gasteiger partial charge in [-0.1, -0.05) is 18.9 Å². The number of halogens is 1. The van der Waals surface area contributed by atoms with Crippen molar-refractivity contribution in [2.24, 2.45) is 17.8 Å². The molecule has 1 aromatic rings. The van der Waals surface area contributed by atoms with Crippen LogP contribution in [0.4, 0.5) is 4.39 Å². The second-order valence-electron chi connectivity index (χ2n) is 10.9. The number of nitrogens with zero attached hydrogens (tertiary/aromatic N) is 1. The van der Waals surface area contributed by atoms with E-state index < -0.39 is 11.9 Å². The van der Waals surface area contributed by atoms with Crippen molar-refractivity contribution in [3.05, 3.63) is 34.6 Å². The van der Waals surface area contributed by atoms with Gasteiger partial charge in [-0.25, -0.2) is 4.39 Å². The number of hydrogen-bond donors (Lipinski definition) is 2. The number of piperidine rings is 1. The fourth-order valence-electron chi connectivity index (χ4n) is 6.92. The van der Waals surface area contributed by atoms with Crippen molar-refractivity contribution < 1.29 is 18.8 Å². The van der Waals surface area contributed by atoms with E-state index in [1.807, 2.05) is 0 Å². The maximum Gasteiger partial charge on any atom is 0.255 e. The summed E-state index contributed by atoms with van der Waals surface area (Å²) in [5.41, 5.74) is 1.43. The summed E-state index contributed by atoms with van der Waals surface area (Å²) in [5, 5.41) is 6.23. The summed E-state index contributed by atoms with van der Waals surface area (Å²) in [5.74, 6) is 0.913. The van der Waals surface area contributed by atoms with Gasteiger partial charge in [0.2, 0.25) is 11.8 Å². The average Bonchev–Trinajstić information content (AvgIpc) is 3.26. The van der Waals surface area contributed by atoms with Crippen LogP contribution in [-0.2, 0) is 22.6 Å². The first-order valence-electron chi connectivity index (χ1n) is 12.7. The number of carbonyl (C=O) groups is 3. The molecule has 0 aromatic heterocycles. The van der Waals surface area contributed by atoms with Gasteiger partial charge >= 0.3 is 0 Å². The van der Waals surface area contributed by atoms with Gasteiger partial charge in [0.25, 0.3) is 5.91 Å². The van der Waals surface area contributed by atoms with Crippen LogP contribution < -0.4 is 10.6 Å². The van der Waals surface area contributed by atoms with E-state index in [0.29, 0.717) is 41.1 Å². The van der Waals surface area contributed by atoms with Crippen molar-refractivity contribution >= 4 is 17.7 Å². The fourth-order valence-corrected chi connectivity index (χ4v) is 6.92. The van der Waals surface area contributed by atoms with Crippen LogP contribution in [-0.4, -0.2) is 40.7 Å². The Morgan fingerprint density at radius 3 is 2.61 bits per heavy atom. The lowest BCUT2D eigenvalue weighted by Crippen LogP contribution is -2.52. The van der Waals surface area contributed by atoms with Crippen LogP contribution in [0.15, 0.2) is 12.1 Å². The minimum atomic E-state index is -0.713. The van der Waals surface area contributed by atoms with E-state index in [1.54, 1.807) is 12.1 Å². The molecule has 0 spiro atoms. The largest absolute Gasteiger partial charge is 0.322 e.